The maximum atomic E-state index is 11.4. The number of nitrogens with zero attached hydrogens (tertiary/aromatic N) is 1. The fourth-order valence-electron chi connectivity index (χ4n) is 0.970. The molecule has 5 nitrogen and oxygen atoms in total. The van der Waals surface area contributed by atoms with Crippen LogP contribution >= 0.6 is 0 Å². The van der Waals surface area contributed by atoms with Crippen LogP contribution in [0.4, 0.5) is 0 Å². The van der Waals surface area contributed by atoms with Crippen LogP contribution in [-0.2, 0) is 0 Å². The zero-order valence-corrected chi connectivity index (χ0v) is 8.65. The minimum atomic E-state index is -1.12. The number of carboxylic acids is 1. The van der Waals surface area contributed by atoms with Crippen LogP contribution in [0.1, 0.15) is 27.8 Å². The Morgan fingerprint density at radius 2 is 2.25 bits per heavy atom. The lowest BCUT2D eigenvalue weighted by molar-refractivity contribution is 0.0689. The second-order valence-electron chi connectivity index (χ2n) is 2.85. The maximum Gasteiger partial charge on any atom is 0.354 e. The van der Waals surface area contributed by atoms with Crippen LogP contribution in [0.5, 0.6) is 0 Å². The summed E-state index contributed by atoms with van der Waals surface area (Å²) >= 11 is 0. The van der Waals surface area contributed by atoms with Crippen molar-refractivity contribution in [3.63, 3.8) is 0 Å². The highest BCUT2D eigenvalue weighted by atomic mass is 16.4. The molecule has 0 radical (unpaired) electrons. The minimum Gasteiger partial charge on any atom is -0.477 e. The van der Waals surface area contributed by atoms with Crippen molar-refractivity contribution in [2.75, 3.05) is 6.54 Å². The molecule has 0 bridgehead atoms. The maximum absolute atomic E-state index is 11.4. The molecular formula is C11H10N2O3. The fourth-order valence-corrected chi connectivity index (χ4v) is 0.970. The number of hydrogen-bond acceptors (Lipinski definition) is 3. The number of carbonyl (C=O) groups is 2. The van der Waals surface area contributed by atoms with Gasteiger partial charge in [-0.3, -0.25) is 4.79 Å². The molecule has 0 unspecified atom stereocenters. The smallest absolute Gasteiger partial charge is 0.354 e. The summed E-state index contributed by atoms with van der Waals surface area (Å²) in [5, 5.41) is 11.2. The van der Waals surface area contributed by atoms with Crippen molar-refractivity contribution >= 4 is 11.9 Å². The SMILES string of the molecule is CC#CCNC(=O)c1ccc(C(=O)O)nc1. The molecule has 0 aromatic carbocycles. The lowest BCUT2D eigenvalue weighted by Gasteiger charge is -2.00. The molecular weight excluding hydrogens is 208 g/mol. The first-order valence-electron chi connectivity index (χ1n) is 4.52. The summed E-state index contributed by atoms with van der Waals surface area (Å²) in [5.41, 5.74) is 0.216. The fraction of sp³-hybridized carbons (Fsp3) is 0.182. The molecule has 0 saturated heterocycles. The van der Waals surface area contributed by atoms with E-state index in [0.29, 0.717) is 5.56 Å². The van der Waals surface area contributed by atoms with Gasteiger partial charge in [-0.1, -0.05) is 5.92 Å². The van der Waals surface area contributed by atoms with Crippen LogP contribution in [0.2, 0.25) is 0 Å². The summed E-state index contributed by atoms with van der Waals surface area (Å²) in [6.07, 6.45) is 1.22. The number of rotatable bonds is 3. The standard InChI is InChI=1S/C11H10N2O3/c1-2-3-6-12-10(14)8-4-5-9(11(15)16)13-7-8/h4-5,7H,6H2,1H3,(H,12,14)(H,15,16). The van der Waals surface area contributed by atoms with E-state index >= 15 is 0 Å². The Bertz CT molecular complexity index is 454. The van der Waals surface area contributed by atoms with E-state index in [1.807, 2.05) is 0 Å². The van der Waals surface area contributed by atoms with E-state index in [9.17, 15) is 9.59 Å². The number of aromatic nitrogens is 1. The van der Waals surface area contributed by atoms with Crippen LogP contribution in [0.15, 0.2) is 18.3 Å². The first-order valence-corrected chi connectivity index (χ1v) is 4.52. The van der Waals surface area contributed by atoms with Gasteiger partial charge in [-0.25, -0.2) is 9.78 Å². The van der Waals surface area contributed by atoms with Crippen molar-refractivity contribution in [2.24, 2.45) is 0 Å². The minimum absolute atomic E-state index is 0.0927. The third-order valence-corrected chi connectivity index (χ3v) is 1.76. The van der Waals surface area contributed by atoms with E-state index in [1.54, 1.807) is 6.92 Å². The molecule has 5 heteroatoms. The second-order valence-corrected chi connectivity index (χ2v) is 2.85. The normalized spacial score (nSPS) is 8.81. The van der Waals surface area contributed by atoms with Crippen LogP contribution in [0, 0.1) is 11.8 Å². The lowest BCUT2D eigenvalue weighted by atomic mass is 10.2. The van der Waals surface area contributed by atoms with E-state index in [4.69, 9.17) is 5.11 Å². The Labute approximate surface area is 92.5 Å². The quantitative estimate of drug-likeness (QED) is 0.725. The molecule has 0 atom stereocenters. The van der Waals surface area contributed by atoms with Gasteiger partial charge in [0.2, 0.25) is 0 Å². The second kappa shape index (κ2) is 5.51. The van der Waals surface area contributed by atoms with Gasteiger partial charge in [0.15, 0.2) is 0 Å². The number of carbonyl (C=O) groups excluding carboxylic acids is 1. The van der Waals surface area contributed by atoms with Gasteiger partial charge in [0.25, 0.3) is 5.91 Å². The van der Waals surface area contributed by atoms with E-state index < -0.39 is 5.97 Å². The largest absolute Gasteiger partial charge is 0.477 e. The molecule has 1 aromatic rings. The third kappa shape index (κ3) is 3.10. The van der Waals surface area contributed by atoms with E-state index in [2.05, 4.69) is 22.1 Å². The average molecular weight is 218 g/mol. The van der Waals surface area contributed by atoms with Crippen molar-refractivity contribution in [1.82, 2.24) is 10.3 Å². The highest BCUT2D eigenvalue weighted by Crippen LogP contribution is 2.00. The molecule has 1 rings (SSSR count). The molecule has 1 aromatic heterocycles. The lowest BCUT2D eigenvalue weighted by Crippen LogP contribution is -2.23. The number of aromatic carboxylic acids is 1. The molecule has 2 N–H and O–H groups in total. The summed E-state index contributed by atoms with van der Waals surface area (Å²) in [6.45, 7) is 1.94. The Hall–Kier alpha value is -2.35. The van der Waals surface area contributed by atoms with E-state index in [-0.39, 0.29) is 18.1 Å². The Balaban J connectivity index is 2.69. The molecule has 0 aliphatic rings. The Kier molecular flexibility index (Phi) is 4.04. The van der Waals surface area contributed by atoms with Crippen molar-refractivity contribution in [3.8, 4) is 11.8 Å². The molecule has 0 aliphatic carbocycles. The average Bonchev–Trinajstić information content (AvgIpc) is 2.29. The highest BCUT2D eigenvalue weighted by molar-refractivity contribution is 5.94. The van der Waals surface area contributed by atoms with Crippen molar-refractivity contribution in [2.45, 2.75) is 6.92 Å². The van der Waals surface area contributed by atoms with E-state index in [0.717, 1.165) is 0 Å². The molecule has 1 amide bonds. The van der Waals surface area contributed by atoms with Gasteiger partial charge in [0.1, 0.15) is 5.69 Å². The number of nitrogens with one attached hydrogen (secondary N) is 1. The van der Waals surface area contributed by atoms with Crippen LogP contribution in [0.3, 0.4) is 0 Å². The van der Waals surface area contributed by atoms with Gasteiger partial charge < -0.3 is 10.4 Å². The predicted molar refractivity (Wildman–Crippen MR) is 57.0 cm³/mol. The van der Waals surface area contributed by atoms with Crippen LogP contribution < -0.4 is 5.32 Å². The van der Waals surface area contributed by atoms with Crippen molar-refractivity contribution < 1.29 is 14.7 Å². The summed E-state index contributed by atoms with van der Waals surface area (Å²) in [6, 6.07) is 2.69. The molecule has 16 heavy (non-hydrogen) atoms. The predicted octanol–water partition coefficient (Wildman–Crippen LogP) is 0.533. The van der Waals surface area contributed by atoms with Gasteiger partial charge in [0, 0.05) is 6.20 Å². The third-order valence-electron chi connectivity index (χ3n) is 1.76. The van der Waals surface area contributed by atoms with Gasteiger partial charge in [-0.15, -0.1) is 5.92 Å². The summed E-state index contributed by atoms with van der Waals surface area (Å²) < 4.78 is 0. The summed E-state index contributed by atoms with van der Waals surface area (Å²) in [4.78, 5) is 25.6. The van der Waals surface area contributed by atoms with Gasteiger partial charge in [-0.05, 0) is 19.1 Å². The first-order chi connectivity index (χ1) is 7.65. The van der Waals surface area contributed by atoms with E-state index in [1.165, 1.54) is 18.3 Å². The Morgan fingerprint density at radius 1 is 1.50 bits per heavy atom. The van der Waals surface area contributed by atoms with Crippen molar-refractivity contribution in [1.29, 1.82) is 0 Å². The van der Waals surface area contributed by atoms with Crippen molar-refractivity contribution in [3.05, 3.63) is 29.6 Å². The number of carboxylic acid groups (broad SMARTS) is 1. The monoisotopic (exact) mass is 218 g/mol. The number of hydrogen-bond donors (Lipinski definition) is 2. The molecule has 0 spiro atoms. The van der Waals surface area contributed by atoms with Gasteiger partial charge >= 0.3 is 5.97 Å². The first kappa shape index (κ1) is 11.7. The Morgan fingerprint density at radius 3 is 2.75 bits per heavy atom. The van der Waals surface area contributed by atoms with Crippen LogP contribution in [0.25, 0.3) is 0 Å². The molecule has 0 aliphatic heterocycles. The zero-order valence-electron chi connectivity index (χ0n) is 8.65. The van der Waals surface area contributed by atoms with Crippen LogP contribution in [-0.4, -0.2) is 28.5 Å². The number of pyridine rings is 1. The summed E-state index contributed by atoms with van der Waals surface area (Å²) in [7, 11) is 0. The molecule has 1 heterocycles. The topological polar surface area (TPSA) is 79.3 Å². The van der Waals surface area contributed by atoms with Gasteiger partial charge in [-0.2, -0.15) is 0 Å². The molecule has 0 saturated carbocycles. The summed E-state index contributed by atoms with van der Waals surface area (Å²) in [5.74, 6) is 3.87. The molecule has 82 valence electrons. The molecule has 0 fully saturated rings. The zero-order chi connectivity index (χ0) is 12.0. The number of amides is 1. The highest BCUT2D eigenvalue weighted by Gasteiger charge is 2.07. The van der Waals surface area contributed by atoms with Gasteiger partial charge in [0.05, 0.1) is 12.1 Å².